The van der Waals surface area contributed by atoms with Gasteiger partial charge in [0.2, 0.25) is 0 Å². The molecule has 1 heterocycles. The zero-order chi connectivity index (χ0) is 14.1. The third-order valence-electron chi connectivity index (χ3n) is 4.48. The summed E-state index contributed by atoms with van der Waals surface area (Å²) in [6.07, 6.45) is 4.55. The summed E-state index contributed by atoms with van der Waals surface area (Å²) < 4.78 is 1.96. The predicted molar refractivity (Wildman–Crippen MR) is 81.7 cm³/mol. The largest absolute Gasteiger partial charge is 0.327 e. The molecule has 1 aliphatic carbocycles. The van der Waals surface area contributed by atoms with Gasteiger partial charge in [-0.3, -0.25) is 4.68 Å². The summed E-state index contributed by atoms with van der Waals surface area (Å²) in [5.41, 5.74) is 11.8. The third kappa shape index (κ3) is 2.50. The van der Waals surface area contributed by atoms with E-state index in [1.807, 2.05) is 18.7 Å². The van der Waals surface area contributed by atoms with Crippen molar-refractivity contribution < 1.29 is 0 Å². The third-order valence-corrected chi connectivity index (χ3v) is 4.48. The van der Waals surface area contributed by atoms with Crippen molar-refractivity contribution in [1.29, 1.82) is 0 Å². The fourth-order valence-electron chi connectivity index (χ4n) is 3.48. The van der Waals surface area contributed by atoms with E-state index in [0.717, 1.165) is 12.1 Å². The van der Waals surface area contributed by atoms with Gasteiger partial charge in [0.1, 0.15) is 0 Å². The van der Waals surface area contributed by atoms with Crippen LogP contribution in [0.15, 0.2) is 30.3 Å². The van der Waals surface area contributed by atoms with Crippen LogP contribution in [0.2, 0.25) is 0 Å². The highest BCUT2D eigenvalue weighted by atomic mass is 15.3. The number of hydrogen-bond donors (Lipinski definition) is 1. The Labute approximate surface area is 120 Å². The molecule has 0 amide bonds. The van der Waals surface area contributed by atoms with E-state index in [2.05, 4.69) is 35.4 Å². The maximum atomic E-state index is 6.53. The topological polar surface area (TPSA) is 43.8 Å². The lowest BCUT2D eigenvalue weighted by molar-refractivity contribution is 0.452. The number of fused-ring (bicyclic) bond motifs is 1. The first-order valence-corrected chi connectivity index (χ1v) is 7.48. The molecule has 3 nitrogen and oxygen atoms in total. The molecule has 0 bridgehead atoms. The average molecular weight is 269 g/mol. The van der Waals surface area contributed by atoms with Gasteiger partial charge in [-0.1, -0.05) is 24.3 Å². The lowest BCUT2D eigenvalue weighted by Gasteiger charge is -2.30. The molecular formula is C17H23N3. The van der Waals surface area contributed by atoms with Gasteiger partial charge in [0.05, 0.1) is 5.69 Å². The van der Waals surface area contributed by atoms with Crippen molar-refractivity contribution in [1.82, 2.24) is 9.78 Å². The molecule has 1 aromatic heterocycles. The molecule has 0 aliphatic heterocycles. The van der Waals surface area contributed by atoms with Crippen LogP contribution in [0.1, 0.15) is 41.3 Å². The van der Waals surface area contributed by atoms with Crippen LogP contribution in [-0.4, -0.2) is 15.8 Å². The molecule has 106 valence electrons. The summed E-state index contributed by atoms with van der Waals surface area (Å²) >= 11 is 0. The van der Waals surface area contributed by atoms with Crippen LogP contribution in [0.5, 0.6) is 0 Å². The SMILES string of the molecule is Cc1cc(CC(N)C2CCCc3ccccc32)n(C)n1. The Morgan fingerprint density at radius 2 is 2.20 bits per heavy atom. The second kappa shape index (κ2) is 5.41. The first-order valence-electron chi connectivity index (χ1n) is 7.48. The molecule has 1 aliphatic rings. The number of nitrogens with zero attached hydrogens (tertiary/aromatic N) is 2. The van der Waals surface area contributed by atoms with Crippen molar-refractivity contribution in [2.75, 3.05) is 0 Å². The van der Waals surface area contributed by atoms with Crippen molar-refractivity contribution in [3.63, 3.8) is 0 Å². The lowest BCUT2D eigenvalue weighted by atomic mass is 9.78. The minimum atomic E-state index is 0.172. The molecule has 0 saturated heterocycles. The number of aromatic nitrogens is 2. The van der Waals surface area contributed by atoms with Crippen molar-refractivity contribution in [3.05, 3.63) is 52.8 Å². The smallest absolute Gasteiger partial charge is 0.0596 e. The van der Waals surface area contributed by atoms with Crippen LogP contribution in [-0.2, 0) is 19.9 Å². The molecule has 2 atom stereocenters. The van der Waals surface area contributed by atoms with Crippen molar-refractivity contribution >= 4 is 0 Å². The molecular weight excluding hydrogens is 246 g/mol. The molecule has 0 spiro atoms. The number of rotatable bonds is 3. The van der Waals surface area contributed by atoms with Crippen molar-refractivity contribution in [2.24, 2.45) is 12.8 Å². The normalized spacial score (nSPS) is 19.6. The quantitative estimate of drug-likeness (QED) is 0.931. The van der Waals surface area contributed by atoms with Gasteiger partial charge in [-0.2, -0.15) is 5.10 Å². The van der Waals surface area contributed by atoms with Gasteiger partial charge in [0.25, 0.3) is 0 Å². The molecule has 2 unspecified atom stereocenters. The van der Waals surface area contributed by atoms with Crippen LogP contribution in [0.3, 0.4) is 0 Å². The number of nitrogens with two attached hydrogens (primary N) is 1. The summed E-state index contributed by atoms with van der Waals surface area (Å²) in [4.78, 5) is 0. The highest BCUT2D eigenvalue weighted by Crippen LogP contribution is 2.34. The highest BCUT2D eigenvalue weighted by Gasteiger charge is 2.26. The zero-order valence-corrected chi connectivity index (χ0v) is 12.3. The average Bonchev–Trinajstić information content (AvgIpc) is 2.76. The Morgan fingerprint density at radius 3 is 2.95 bits per heavy atom. The van der Waals surface area contributed by atoms with Crippen LogP contribution in [0, 0.1) is 6.92 Å². The second-order valence-corrected chi connectivity index (χ2v) is 5.97. The van der Waals surface area contributed by atoms with Crippen molar-refractivity contribution in [2.45, 2.75) is 44.6 Å². The van der Waals surface area contributed by atoms with Crippen LogP contribution < -0.4 is 5.73 Å². The van der Waals surface area contributed by atoms with Gasteiger partial charge < -0.3 is 5.73 Å². The molecule has 1 aromatic carbocycles. The molecule has 2 N–H and O–H groups in total. The van der Waals surface area contributed by atoms with Gasteiger partial charge in [0, 0.05) is 25.2 Å². The minimum absolute atomic E-state index is 0.172. The number of benzene rings is 1. The Morgan fingerprint density at radius 1 is 1.40 bits per heavy atom. The van der Waals surface area contributed by atoms with E-state index < -0.39 is 0 Å². The first-order chi connectivity index (χ1) is 9.65. The molecule has 3 heteroatoms. The summed E-state index contributed by atoms with van der Waals surface area (Å²) in [6.45, 7) is 2.03. The van der Waals surface area contributed by atoms with Crippen LogP contribution in [0.25, 0.3) is 0 Å². The standard InChI is InChI=1S/C17H23N3/c1-12-10-14(20(2)19-12)11-17(18)16-9-5-7-13-6-3-4-8-15(13)16/h3-4,6,8,10,16-17H,5,7,9,11,18H2,1-2H3. The summed E-state index contributed by atoms with van der Waals surface area (Å²) in [5, 5.41) is 4.41. The van der Waals surface area contributed by atoms with E-state index in [1.165, 1.54) is 36.1 Å². The number of aryl methyl sites for hydroxylation is 3. The fourth-order valence-corrected chi connectivity index (χ4v) is 3.48. The van der Waals surface area contributed by atoms with Gasteiger partial charge in [-0.15, -0.1) is 0 Å². The monoisotopic (exact) mass is 269 g/mol. The Balaban J connectivity index is 1.81. The highest BCUT2D eigenvalue weighted by molar-refractivity contribution is 5.34. The van der Waals surface area contributed by atoms with E-state index in [9.17, 15) is 0 Å². The predicted octanol–water partition coefficient (Wildman–Crippen LogP) is 2.72. The second-order valence-electron chi connectivity index (χ2n) is 5.97. The Bertz CT molecular complexity index is 600. The van der Waals surface area contributed by atoms with Gasteiger partial charge in [0.15, 0.2) is 0 Å². The molecule has 0 radical (unpaired) electrons. The van der Waals surface area contributed by atoms with Crippen molar-refractivity contribution in [3.8, 4) is 0 Å². The van der Waals surface area contributed by atoms with E-state index >= 15 is 0 Å². The Hall–Kier alpha value is -1.61. The first kappa shape index (κ1) is 13.4. The van der Waals surface area contributed by atoms with E-state index in [4.69, 9.17) is 5.73 Å². The van der Waals surface area contributed by atoms with Gasteiger partial charge >= 0.3 is 0 Å². The molecule has 0 fully saturated rings. The van der Waals surface area contributed by atoms with E-state index in [0.29, 0.717) is 5.92 Å². The van der Waals surface area contributed by atoms with Crippen LogP contribution in [0.4, 0.5) is 0 Å². The number of hydrogen-bond acceptors (Lipinski definition) is 2. The summed E-state index contributed by atoms with van der Waals surface area (Å²) in [6, 6.07) is 11.1. The maximum Gasteiger partial charge on any atom is 0.0596 e. The van der Waals surface area contributed by atoms with E-state index in [-0.39, 0.29) is 6.04 Å². The summed E-state index contributed by atoms with van der Waals surface area (Å²) in [5.74, 6) is 0.482. The van der Waals surface area contributed by atoms with Gasteiger partial charge in [-0.05, 0) is 49.3 Å². The van der Waals surface area contributed by atoms with E-state index in [1.54, 1.807) is 0 Å². The molecule has 0 saturated carbocycles. The fraction of sp³-hybridized carbons (Fsp3) is 0.471. The van der Waals surface area contributed by atoms with Crippen LogP contribution >= 0.6 is 0 Å². The van der Waals surface area contributed by atoms with Gasteiger partial charge in [-0.25, -0.2) is 0 Å². The zero-order valence-electron chi connectivity index (χ0n) is 12.3. The summed E-state index contributed by atoms with van der Waals surface area (Å²) in [7, 11) is 2.00. The maximum absolute atomic E-state index is 6.53. The molecule has 3 rings (SSSR count). The molecule has 2 aromatic rings. The minimum Gasteiger partial charge on any atom is -0.327 e. The molecule has 20 heavy (non-hydrogen) atoms. The Kier molecular flexibility index (Phi) is 3.62. The lowest BCUT2D eigenvalue weighted by Crippen LogP contribution is -2.33.